The van der Waals surface area contributed by atoms with E-state index in [9.17, 15) is 9.90 Å². The topological polar surface area (TPSA) is 93.0 Å². The molecule has 8 heteroatoms. The van der Waals surface area contributed by atoms with Crippen LogP contribution in [0.2, 0.25) is 0 Å². The quantitative estimate of drug-likeness (QED) is 0.499. The highest BCUT2D eigenvalue weighted by Crippen LogP contribution is 2.26. The van der Waals surface area contributed by atoms with Crippen LogP contribution >= 0.6 is 11.3 Å². The van der Waals surface area contributed by atoms with E-state index in [4.69, 9.17) is 4.74 Å². The first kappa shape index (κ1) is 15.8. The molecule has 1 heterocycles. The maximum atomic E-state index is 11.5. The largest absolute Gasteiger partial charge is 0.504 e. The highest BCUT2D eigenvalue weighted by Gasteiger charge is 2.15. The van der Waals surface area contributed by atoms with Gasteiger partial charge in [-0.25, -0.2) is 9.78 Å². The number of phenols is 1. The van der Waals surface area contributed by atoms with Crippen molar-refractivity contribution in [3.63, 3.8) is 0 Å². The highest BCUT2D eigenvalue weighted by molar-refractivity contribution is 7.17. The number of methoxy groups -OCH3 is 2. The first-order valence-electron chi connectivity index (χ1n) is 6.27. The number of nitrogens with zero attached hydrogens (tertiary/aromatic N) is 2. The lowest BCUT2D eigenvalue weighted by atomic mass is 10.2. The first-order valence-corrected chi connectivity index (χ1v) is 7.08. The Kier molecular flexibility index (Phi) is 4.95. The number of benzene rings is 1. The van der Waals surface area contributed by atoms with E-state index in [-0.39, 0.29) is 5.75 Å². The molecule has 2 aromatic rings. The van der Waals surface area contributed by atoms with Crippen LogP contribution in [0, 0.1) is 6.92 Å². The number of esters is 1. The number of aromatic hydroxyl groups is 1. The van der Waals surface area contributed by atoms with Gasteiger partial charge in [-0.05, 0) is 30.7 Å². The molecule has 116 valence electrons. The Morgan fingerprint density at radius 1 is 1.45 bits per heavy atom. The Morgan fingerprint density at radius 2 is 2.23 bits per heavy atom. The van der Waals surface area contributed by atoms with Crippen molar-refractivity contribution in [2.45, 2.75) is 6.92 Å². The van der Waals surface area contributed by atoms with Crippen LogP contribution in [-0.4, -0.2) is 36.5 Å². The molecule has 1 aromatic heterocycles. The van der Waals surface area contributed by atoms with Gasteiger partial charge in [-0.3, -0.25) is 5.43 Å². The number of hydrazone groups is 1. The van der Waals surface area contributed by atoms with Crippen molar-refractivity contribution in [1.29, 1.82) is 0 Å². The zero-order chi connectivity index (χ0) is 16.1. The predicted molar refractivity (Wildman–Crippen MR) is 84.1 cm³/mol. The molecule has 0 atom stereocenters. The Hall–Kier alpha value is -2.61. The molecule has 0 aliphatic rings. The monoisotopic (exact) mass is 321 g/mol. The molecule has 0 amide bonds. The van der Waals surface area contributed by atoms with Gasteiger partial charge in [0.05, 0.1) is 26.1 Å². The fraction of sp³-hybridized carbons (Fsp3) is 0.214. The summed E-state index contributed by atoms with van der Waals surface area (Å²) in [5.41, 5.74) is 4.01. The highest BCUT2D eigenvalue weighted by atomic mass is 32.1. The van der Waals surface area contributed by atoms with Crippen LogP contribution < -0.4 is 10.2 Å². The minimum absolute atomic E-state index is 0.0320. The summed E-state index contributed by atoms with van der Waals surface area (Å²) in [5.74, 6) is 0.00000383. The first-order chi connectivity index (χ1) is 10.5. The van der Waals surface area contributed by atoms with Crippen molar-refractivity contribution in [2.75, 3.05) is 19.6 Å². The van der Waals surface area contributed by atoms with E-state index in [2.05, 4.69) is 20.2 Å². The van der Waals surface area contributed by atoms with Gasteiger partial charge in [0, 0.05) is 0 Å². The second-order valence-electron chi connectivity index (χ2n) is 4.23. The van der Waals surface area contributed by atoms with Crippen LogP contribution in [0.5, 0.6) is 11.5 Å². The molecular weight excluding hydrogens is 306 g/mol. The molecule has 0 aliphatic carbocycles. The fourth-order valence-corrected chi connectivity index (χ4v) is 2.51. The zero-order valence-electron chi connectivity index (χ0n) is 12.3. The van der Waals surface area contributed by atoms with Gasteiger partial charge in [0.2, 0.25) is 5.13 Å². The standard InChI is InChI=1S/C14H15N3O4S/c1-8-12(13(19)21-3)22-14(16-8)17-15-7-9-4-5-11(20-2)10(18)6-9/h4-7,18H,1-3H3,(H,16,17)/b15-7-. The summed E-state index contributed by atoms with van der Waals surface area (Å²) < 4.78 is 9.63. The van der Waals surface area contributed by atoms with Crippen LogP contribution in [0.25, 0.3) is 0 Å². The smallest absolute Gasteiger partial charge is 0.350 e. The number of hydrogen-bond donors (Lipinski definition) is 2. The van der Waals surface area contributed by atoms with E-state index in [1.54, 1.807) is 19.1 Å². The molecule has 0 radical (unpaired) electrons. The number of aromatic nitrogens is 1. The van der Waals surface area contributed by atoms with Crippen molar-refractivity contribution < 1.29 is 19.4 Å². The number of carbonyl (C=O) groups excluding carboxylic acids is 1. The second-order valence-corrected chi connectivity index (χ2v) is 5.23. The van der Waals surface area contributed by atoms with E-state index >= 15 is 0 Å². The molecule has 0 saturated carbocycles. The van der Waals surface area contributed by atoms with Gasteiger partial charge in [0.25, 0.3) is 0 Å². The minimum atomic E-state index is -0.424. The predicted octanol–water partition coefficient (Wildman–Crippen LogP) is 2.40. The molecule has 0 unspecified atom stereocenters. The summed E-state index contributed by atoms with van der Waals surface area (Å²) in [4.78, 5) is 16.1. The van der Waals surface area contributed by atoms with Gasteiger partial charge in [-0.15, -0.1) is 0 Å². The summed E-state index contributed by atoms with van der Waals surface area (Å²) >= 11 is 1.16. The summed E-state index contributed by atoms with van der Waals surface area (Å²) in [6, 6.07) is 4.91. The van der Waals surface area contributed by atoms with Crippen LogP contribution in [0.1, 0.15) is 20.9 Å². The lowest BCUT2D eigenvalue weighted by Gasteiger charge is -2.02. The van der Waals surface area contributed by atoms with Crippen LogP contribution in [0.3, 0.4) is 0 Å². The van der Waals surface area contributed by atoms with E-state index in [1.165, 1.54) is 26.5 Å². The lowest BCUT2D eigenvalue weighted by Crippen LogP contribution is -1.99. The Morgan fingerprint density at radius 3 is 2.86 bits per heavy atom. The van der Waals surface area contributed by atoms with Gasteiger partial charge in [-0.1, -0.05) is 11.3 Å². The third kappa shape index (κ3) is 3.53. The Balaban J connectivity index is 2.06. The molecule has 0 bridgehead atoms. The van der Waals surface area contributed by atoms with E-state index < -0.39 is 5.97 Å². The van der Waals surface area contributed by atoms with Crippen molar-refractivity contribution >= 4 is 28.7 Å². The second kappa shape index (κ2) is 6.90. The number of ether oxygens (including phenoxy) is 2. The maximum Gasteiger partial charge on any atom is 0.350 e. The van der Waals surface area contributed by atoms with Gasteiger partial charge in [0.15, 0.2) is 11.5 Å². The van der Waals surface area contributed by atoms with Gasteiger partial charge in [-0.2, -0.15) is 5.10 Å². The summed E-state index contributed by atoms with van der Waals surface area (Å²) in [5, 5.41) is 14.2. The third-order valence-corrected chi connectivity index (χ3v) is 3.79. The van der Waals surface area contributed by atoms with Crippen molar-refractivity contribution in [3.8, 4) is 11.5 Å². The average Bonchev–Trinajstić information content (AvgIpc) is 2.87. The van der Waals surface area contributed by atoms with Crippen molar-refractivity contribution in [1.82, 2.24) is 4.98 Å². The number of rotatable bonds is 5. The molecular formula is C14H15N3O4S. The molecule has 0 fully saturated rings. The van der Waals surface area contributed by atoms with Crippen molar-refractivity contribution in [2.24, 2.45) is 5.10 Å². The Bertz CT molecular complexity index is 712. The maximum absolute atomic E-state index is 11.5. The van der Waals surface area contributed by atoms with Gasteiger partial charge in [0.1, 0.15) is 4.88 Å². The number of anilines is 1. The normalized spacial score (nSPS) is 10.7. The molecule has 7 nitrogen and oxygen atoms in total. The molecule has 22 heavy (non-hydrogen) atoms. The number of phenolic OH excluding ortho intramolecular Hbond substituents is 1. The summed E-state index contributed by atoms with van der Waals surface area (Å²) in [7, 11) is 2.80. The number of aryl methyl sites for hydroxylation is 1. The molecule has 2 N–H and O–H groups in total. The molecule has 0 spiro atoms. The molecule has 2 rings (SSSR count). The van der Waals surface area contributed by atoms with Crippen LogP contribution in [-0.2, 0) is 4.74 Å². The lowest BCUT2D eigenvalue weighted by molar-refractivity contribution is 0.0605. The minimum Gasteiger partial charge on any atom is -0.504 e. The van der Waals surface area contributed by atoms with Crippen molar-refractivity contribution in [3.05, 3.63) is 34.3 Å². The van der Waals surface area contributed by atoms with Crippen LogP contribution in [0.4, 0.5) is 5.13 Å². The van der Waals surface area contributed by atoms with Gasteiger partial charge >= 0.3 is 5.97 Å². The molecule has 0 saturated heterocycles. The SMILES string of the molecule is COC(=O)c1sc(N/N=C\c2ccc(OC)c(O)c2)nc1C. The number of carbonyl (C=O) groups is 1. The molecule has 1 aromatic carbocycles. The third-order valence-electron chi connectivity index (χ3n) is 2.74. The summed E-state index contributed by atoms with van der Waals surface area (Å²) in [6.07, 6.45) is 1.52. The Labute approximate surface area is 131 Å². The van der Waals surface area contributed by atoms with Crippen LogP contribution in [0.15, 0.2) is 23.3 Å². The molecule has 0 aliphatic heterocycles. The van der Waals surface area contributed by atoms with E-state index in [0.717, 1.165) is 11.3 Å². The number of nitrogens with one attached hydrogen (secondary N) is 1. The number of hydrogen-bond acceptors (Lipinski definition) is 8. The summed E-state index contributed by atoms with van der Waals surface area (Å²) in [6.45, 7) is 1.72. The fourth-order valence-electron chi connectivity index (χ4n) is 1.68. The zero-order valence-corrected chi connectivity index (χ0v) is 13.1. The van der Waals surface area contributed by atoms with Gasteiger partial charge < -0.3 is 14.6 Å². The van der Waals surface area contributed by atoms with E-state index in [0.29, 0.717) is 27.0 Å². The average molecular weight is 321 g/mol. The van der Waals surface area contributed by atoms with E-state index in [1.807, 2.05) is 0 Å². The number of thiazole rings is 1.